The van der Waals surface area contributed by atoms with Crippen LogP contribution >= 0.6 is 11.3 Å². The molecule has 5 heteroatoms. The Balaban J connectivity index is 2.13. The lowest BCUT2D eigenvalue weighted by molar-refractivity contribution is 0.600. The Kier molecular flexibility index (Phi) is 2.15. The molecule has 0 aliphatic heterocycles. The summed E-state index contributed by atoms with van der Waals surface area (Å²) < 4.78 is 21.9. The van der Waals surface area contributed by atoms with Crippen LogP contribution in [0.4, 0.5) is 0 Å². The fourth-order valence-corrected chi connectivity index (χ4v) is 2.96. The lowest BCUT2D eigenvalue weighted by Crippen LogP contribution is -2.00. The summed E-state index contributed by atoms with van der Waals surface area (Å²) in [4.78, 5) is 4.30. The summed E-state index contributed by atoms with van der Waals surface area (Å²) in [5, 5.41) is 2.97. The third-order valence-electron chi connectivity index (χ3n) is 1.91. The van der Waals surface area contributed by atoms with E-state index in [4.69, 9.17) is 0 Å². The first-order chi connectivity index (χ1) is 6.04. The molecular formula is C8H11NO2S2. The van der Waals surface area contributed by atoms with Gasteiger partial charge >= 0.3 is 0 Å². The maximum atomic E-state index is 11.0. The Bertz CT molecular complexity index is 404. The summed E-state index contributed by atoms with van der Waals surface area (Å²) in [6.07, 6.45) is 3.67. The van der Waals surface area contributed by atoms with Crippen molar-refractivity contribution in [3.8, 4) is 0 Å². The molecule has 1 saturated carbocycles. The van der Waals surface area contributed by atoms with Gasteiger partial charge in [0.15, 0.2) is 9.84 Å². The van der Waals surface area contributed by atoms with E-state index in [2.05, 4.69) is 4.98 Å². The van der Waals surface area contributed by atoms with E-state index in [0.717, 1.165) is 5.01 Å². The van der Waals surface area contributed by atoms with Crippen LogP contribution < -0.4 is 0 Å². The minimum atomic E-state index is -2.92. The molecule has 72 valence electrons. The minimum absolute atomic E-state index is 0.0796. The van der Waals surface area contributed by atoms with Crippen LogP contribution in [0.3, 0.4) is 0 Å². The largest absolute Gasteiger partial charge is 0.245 e. The zero-order valence-corrected chi connectivity index (χ0v) is 8.99. The van der Waals surface area contributed by atoms with Crippen molar-refractivity contribution >= 4 is 21.2 Å². The molecule has 0 atom stereocenters. The SMILES string of the molecule is CS(=O)(=O)Cc1csc(C2CC2)n1. The van der Waals surface area contributed by atoms with Crippen LogP contribution in [0.15, 0.2) is 5.38 Å². The molecule has 1 heterocycles. The van der Waals surface area contributed by atoms with Crippen molar-refractivity contribution < 1.29 is 8.42 Å². The van der Waals surface area contributed by atoms with Crippen LogP contribution in [-0.2, 0) is 15.6 Å². The molecule has 0 saturated heterocycles. The predicted octanol–water partition coefficient (Wildman–Crippen LogP) is 1.57. The van der Waals surface area contributed by atoms with Crippen LogP contribution in [0.25, 0.3) is 0 Å². The number of hydrogen-bond acceptors (Lipinski definition) is 4. The van der Waals surface area contributed by atoms with E-state index in [-0.39, 0.29) is 5.75 Å². The second-order valence-electron chi connectivity index (χ2n) is 3.52. The molecule has 3 nitrogen and oxygen atoms in total. The number of aromatic nitrogens is 1. The fraction of sp³-hybridized carbons (Fsp3) is 0.625. The second-order valence-corrected chi connectivity index (χ2v) is 6.55. The standard InChI is InChI=1S/C8H11NO2S2/c1-13(10,11)5-7-4-12-8(9-7)6-2-3-6/h4,6H,2-3,5H2,1H3. The molecule has 1 aromatic heterocycles. The molecule has 2 rings (SSSR count). The summed E-state index contributed by atoms with van der Waals surface area (Å²) in [7, 11) is -2.92. The number of nitrogens with zero attached hydrogens (tertiary/aromatic N) is 1. The van der Waals surface area contributed by atoms with Gasteiger partial charge in [-0.05, 0) is 12.8 Å². The normalized spacial score (nSPS) is 17.6. The Morgan fingerprint density at radius 2 is 2.31 bits per heavy atom. The van der Waals surface area contributed by atoms with E-state index < -0.39 is 9.84 Å². The van der Waals surface area contributed by atoms with Gasteiger partial charge in [0, 0.05) is 17.6 Å². The highest BCUT2D eigenvalue weighted by Crippen LogP contribution is 2.41. The molecule has 1 aliphatic carbocycles. The molecule has 0 spiro atoms. The van der Waals surface area contributed by atoms with Gasteiger partial charge in [0.2, 0.25) is 0 Å². The topological polar surface area (TPSA) is 47.0 Å². The predicted molar refractivity (Wildman–Crippen MR) is 52.6 cm³/mol. The summed E-state index contributed by atoms with van der Waals surface area (Å²) >= 11 is 1.59. The number of hydrogen-bond donors (Lipinski definition) is 0. The van der Waals surface area contributed by atoms with Crippen molar-refractivity contribution in [2.45, 2.75) is 24.5 Å². The quantitative estimate of drug-likeness (QED) is 0.772. The third kappa shape index (κ3) is 2.51. The third-order valence-corrected chi connectivity index (χ3v) is 3.78. The van der Waals surface area contributed by atoms with Gasteiger partial charge in [0.1, 0.15) is 0 Å². The highest BCUT2D eigenvalue weighted by molar-refractivity contribution is 7.89. The molecule has 0 bridgehead atoms. The summed E-state index contributed by atoms with van der Waals surface area (Å²) in [6, 6.07) is 0. The molecule has 0 amide bonds. The van der Waals surface area contributed by atoms with Gasteiger partial charge in [0.25, 0.3) is 0 Å². The fourth-order valence-electron chi connectivity index (χ4n) is 1.18. The molecule has 0 aromatic carbocycles. The molecular weight excluding hydrogens is 206 g/mol. The second kappa shape index (κ2) is 3.06. The van der Waals surface area contributed by atoms with Crippen molar-refractivity contribution in [3.05, 3.63) is 16.1 Å². The minimum Gasteiger partial charge on any atom is -0.245 e. The summed E-state index contributed by atoms with van der Waals surface area (Å²) in [5.74, 6) is 0.703. The molecule has 0 radical (unpaired) electrons. The van der Waals surface area contributed by atoms with Gasteiger partial charge in [-0.3, -0.25) is 0 Å². The van der Waals surface area contributed by atoms with Crippen LogP contribution in [0.5, 0.6) is 0 Å². The van der Waals surface area contributed by atoms with E-state index in [1.165, 1.54) is 19.1 Å². The number of rotatable bonds is 3. The molecule has 0 unspecified atom stereocenters. The lowest BCUT2D eigenvalue weighted by Gasteiger charge is -1.91. The maximum Gasteiger partial charge on any atom is 0.153 e. The zero-order valence-electron chi connectivity index (χ0n) is 7.36. The van der Waals surface area contributed by atoms with Crippen LogP contribution in [0.2, 0.25) is 0 Å². The highest BCUT2D eigenvalue weighted by atomic mass is 32.2. The van der Waals surface area contributed by atoms with Gasteiger partial charge in [-0.2, -0.15) is 0 Å². The van der Waals surface area contributed by atoms with E-state index in [0.29, 0.717) is 11.6 Å². The Labute approximate surface area is 81.7 Å². The van der Waals surface area contributed by atoms with Crippen LogP contribution in [0.1, 0.15) is 29.5 Å². The van der Waals surface area contributed by atoms with Crippen molar-refractivity contribution in [1.82, 2.24) is 4.98 Å². The first-order valence-electron chi connectivity index (χ1n) is 4.16. The van der Waals surface area contributed by atoms with E-state index in [1.54, 1.807) is 11.3 Å². The van der Waals surface area contributed by atoms with Crippen LogP contribution in [-0.4, -0.2) is 19.7 Å². The maximum absolute atomic E-state index is 11.0. The summed E-state index contributed by atoms with van der Waals surface area (Å²) in [6.45, 7) is 0. The average Bonchev–Trinajstić information content (AvgIpc) is 2.72. The van der Waals surface area contributed by atoms with Gasteiger partial charge in [-0.1, -0.05) is 0 Å². The van der Waals surface area contributed by atoms with Gasteiger partial charge in [-0.15, -0.1) is 11.3 Å². The smallest absolute Gasteiger partial charge is 0.153 e. The molecule has 1 aromatic rings. The molecule has 1 aliphatic rings. The number of thiazole rings is 1. The Morgan fingerprint density at radius 1 is 1.62 bits per heavy atom. The zero-order chi connectivity index (χ0) is 9.47. The Hall–Kier alpha value is -0.420. The van der Waals surface area contributed by atoms with Crippen molar-refractivity contribution in [1.29, 1.82) is 0 Å². The van der Waals surface area contributed by atoms with E-state index in [9.17, 15) is 8.42 Å². The monoisotopic (exact) mass is 217 g/mol. The van der Waals surface area contributed by atoms with Crippen LogP contribution in [0, 0.1) is 0 Å². The molecule has 13 heavy (non-hydrogen) atoms. The first-order valence-corrected chi connectivity index (χ1v) is 7.10. The van der Waals surface area contributed by atoms with Gasteiger partial charge < -0.3 is 0 Å². The average molecular weight is 217 g/mol. The van der Waals surface area contributed by atoms with E-state index in [1.807, 2.05) is 5.38 Å². The van der Waals surface area contributed by atoms with E-state index >= 15 is 0 Å². The van der Waals surface area contributed by atoms with Gasteiger partial charge in [0.05, 0.1) is 16.5 Å². The van der Waals surface area contributed by atoms with Crippen molar-refractivity contribution in [2.75, 3.05) is 6.26 Å². The summed E-state index contributed by atoms with van der Waals surface area (Å²) in [5.41, 5.74) is 0.703. The highest BCUT2D eigenvalue weighted by Gasteiger charge is 2.26. The molecule has 0 N–H and O–H groups in total. The molecule has 1 fully saturated rings. The Morgan fingerprint density at radius 3 is 2.85 bits per heavy atom. The van der Waals surface area contributed by atoms with Crippen molar-refractivity contribution in [2.24, 2.45) is 0 Å². The lowest BCUT2D eigenvalue weighted by atomic mass is 10.4. The first kappa shape index (κ1) is 9.15. The number of sulfone groups is 1. The van der Waals surface area contributed by atoms with Crippen molar-refractivity contribution in [3.63, 3.8) is 0 Å². The van der Waals surface area contributed by atoms with Gasteiger partial charge in [-0.25, -0.2) is 13.4 Å².